The fraction of sp³-hybridized carbons (Fsp3) is 0.438. The van der Waals surface area contributed by atoms with Gasteiger partial charge in [0.25, 0.3) is 0 Å². The number of urea groups is 1. The Balaban J connectivity index is 1.37. The van der Waals surface area contributed by atoms with Gasteiger partial charge in [0.05, 0.1) is 6.33 Å². The molecule has 2 aromatic heterocycles. The van der Waals surface area contributed by atoms with Crippen LogP contribution in [0.25, 0.3) is 0 Å². The Hall–Kier alpha value is -2.41. The number of rotatable bonds is 5. The minimum atomic E-state index is 0.0219. The van der Waals surface area contributed by atoms with Crippen molar-refractivity contribution in [1.82, 2.24) is 29.7 Å². The van der Waals surface area contributed by atoms with E-state index in [2.05, 4.69) is 20.2 Å². The van der Waals surface area contributed by atoms with Crippen molar-refractivity contribution in [3.63, 3.8) is 0 Å². The second-order valence-electron chi connectivity index (χ2n) is 5.65. The third kappa shape index (κ3) is 4.53. The Morgan fingerprint density at radius 1 is 1.09 bits per heavy atom. The van der Waals surface area contributed by atoms with Crippen LogP contribution >= 0.6 is 0 Å². The number of imidazole rings is 1. The van der Waals surface area contributed by atoms with Gasteiger partial charge in [0.2, 0.25) is 0 Å². The Morgan fingerprint density at radius 3 is 2.57 bits per heavy atom. The lowest BCUT2D eigenvalue weighted by molar-refractivity contribution is 0.135. The second-order valence-corrected chi connectivity index (χ2v) is 5.65. The lowest BCUT2D eigenvalue weighted by Gasteiger charge is -2.34. The molecule has 0 saturated carbocycles. The van der Waals surface area contributed by atoms with Crippen LogP contribution in [0.4, 0.5) is 4.79 Å². The standard InChI is InChI=1S/C16H22N6O/c23-16(19-6-8-21-7-5-18-14-21)22-11-9-20(10-12-22)13-15-1-3-17-4-2-15/h1-5,7,14H,6,8-13H2,(H,19,23). The first-order valence-electron chi connectivity index (χ1n) is 7.91. The maximum atomic E-state index is 12.2. The highest BCUT2D eigenvalue weighted by atomic mass is 16.2. The normalized spacial score (nSPS) is 15.6. The molecule has 122 valence electrons. The van der Waals surface area contributed by atoms with Crippen LogP contribution < -0.4 is 5.32 Å². The Labute approximate surface area is 135 Å². The van der Waals surface area contributed by atoms with Gasteiger partial charge in [-0.3, -0.25) is 9.88 Å². The topological polar surface area (TPSA) is 66.3 Å². The number of nitrogens with zero attached hydrogens (tertiary/aromatic N) is 5. The number of aromatic nitrogens is 3. The van der Waals surface area contributed by atoms with Crippen molar-refractivity contribution in [2.45, 2.75) is 13.1 Å². The molecular formula is C16H22N6O. The molecule has 3 heterocycles. The molecule has 23 heavy (non-hydrogen) atoms. The summed E-state index contributed by atoms with van der Waals surface area (Å²) in [4.78, 5) is 24.4. The summed E-state index contributed by atoms with van der Waals surface area (Å²) in [5, 5.41) is 2.97. The lowest BCUT2D eigenvalue weighted by atomic mass is 10.2. The zero-order chi connectivity index (χ0) is 15.9. The van der Waals surface area contributed by atoms with Crippen molar-refractivity contribution in [3.8, 4) is 0 Å². The highest BCUT2D eigenvalue weighted by molar-refractivity contribution is 5.74. The van der Waals surface area contributed by atoms with E-state index in [1.165, 1.54) is 5.56 Å². The number of carbonyl (C=O) groups excluding carboxylic acids is 1. The van der Waals surface area contributed by atoms with Crippen LogP contribution in [-0.4, -0.2) is 63.1 Å². The summed E-state index contributed by atoms with van der Waals surface area (Å²) in [6.07, 6.45) is 9.02. The molecule has 1 aliphatic heterocycles. The van der Waals surface area contributed by atoms with Gasteiger partial charge in [0, 0.05) is 70.6 Å². The first kappa shape index (κ1) is 15.5. The monoisotopic (exact) mass is 314 g/mol. The molecule has 1 fully saturated rings. The van der Waals surface area contributed by atoms with E-state index < -0.39 is 0 Å². The van der Waals surface area contributed by atoms with Gasteiger partial charge in [0.15, 0.2) is 0 Å². The lowest BCUT2D eigenvalue weighted by Crippen LogP contribution is -2.51. The first-order chi connectivity index (χ1) is 11.3. The van der Waals surface area contributed by atoms with Crippen LogP contribution in [0.3, 0.4) is 0 Å². The maximum absolute atomic E-state index is 12.2. The van der Waals surface area contributed by atoms with Gasteiger partial charge in [-0.1, -0.05) is 0 Å². The summed E-state index contributed by atoms with van der Waals surface area (Å²) in [7, 11) is 0. The smallest absolute Gasteiger partial charge is 0.317 e. The molecule has 2 aromatic rings. The molecule has 0 spiro atoms. The Bertz CT molecular complexity index is 592. The third-order valence-corrected chi connectivity index (χ3v) is 4.02. The van der Waals surface area contributed by atoms with Gasteiger partial charge >= 0.3 is 6.03 Å². The molecule has 1 saturated heterocycles. The van der Waals surface area contributed by atoms with E-state index in [9.17, 15) is 4.79 Å². The predicted octanol–water partition coefficient (Wildman–Crippen LogP) is 0.805. The zero-order valence-corrected chi connectivity index (χ0v) is 13.1. The molecule has 7 nitrogen and oxygen atoms in total. The van der Waals surface area contributed by atoms with E-state index in [-0.39, 0.29) is 6.03 Å². The number of pyridine rings is 1. The van der Waals surface area contributed by atoms with Crippen molar-refractivity contribution in [2.24, 2.45) is 0 Å². The van der Waals surface area contributed by atoms with Crippen LogP contribution in [0.1, 0.15) is 5.56 Å². The minimum absolute atomic E-state index is 0.0219. The molecule has 0 atom stereocenters. The van der Waals surface area contributed by atoms with Gasteiger partial charge in [0.1, 0.15) is 0 Å². The fourth-order valence-corrected chi connectivity index (χ4v) is 2.68. The van der Waals surface area contributed by atoms with E-state index in [1.807, 2.05) is 40.2 Å². The highest BCUT2D eigenvalue weighted by Crippen LogP contribution is 2.07. The molecule has 1 N–H and O–H groups in total. The van der Waals surface area contributed by atoms with E-state index in [1.54, 1.807) is 12.5 Å². The Morgan fingerprint density at radius 2 is 1.87 bits per heavy atom. The molecule has 0 radical (unpaired) electrons. The van der Waals surface area contributed by atoms with E-state index in [4.69, 9.17) is 0 Å². The summed E-state index contributed by atoms with van der Waals surface area (Å²) in [6.45, 7) is 5.61. The first-order valence-corrected chi connectivity index (χ1v) is 7.91. The molecule has 7 heteroatoms. The molecule has 3 rings (SSSR count). The summed E-state index contributed by atoms with van der Waals surface area (Å²) in [5.74, 6) is 0. The number of carbonyl (C=O) groups is 1. The largest absolute Gasteiger partial charge is 0.336 e. The number of amides is 2. The summed E-state index contributed by atoms with van der Waals surface area (Å²) < 4.78 is 1.95. The molecule has 1 aliphatic rings. The SMILES string of the molecule is O=C(NCCn1ccnc1)N1CCN(Cc2ccncc2)CC1. The highest BCUT2D eigenvalue weighted by Gasteiger charge is 2.20. The average Bonchev–Trinajstić information content (AvgIpc) is 3.10. The number of piperazine rings is 1. The van der Waals surface area contributed by atoms with Gasteiger partial charge in [-0.05, 0) is 17.7 Å². The number of hydrogen-bond acceptors (Lipinski definition) is 4. The minimum Gasteiger partial charge on any atom is -0.336 e. The quantitative estimate of drug-likeness (QED) is 0.887. The van der Waals surface area contributed by atoms with Gasteiger partial charge in [-0.2, -0.15) is 0 Å². The van der Waals surface area contributed by atoms with Crippen LogP contribution in [0.15, 0.2) is 43.2 Å². The van der Waals surface area contributed by atoms with Crippen LogP contribution in [0.5, 0.6) is 0 Å². The summed E-state index contributed by atoms with van der Waals surface area (Å²) in [6, 6.07) is 4.10. The van der Waals surface area contributed by atoms with Crippen molar-refractivity contribution in [1.29, 1.82) is 0 Å². The van der Waals surface area contributed by atoms with Gasteiger partial charge in [-0.25, -0.2) is 9.78 Å². The average molecular weight is 314 g/mol. The second kappa shape index (κ2) is 7.73. The van der Waals surface area contributed by atoms with E-state index in [0.717, 1.165) is 39.3 Å². The zero-order valence-electron chi connectivity index (χ0n) is 13.1. The van der Waals surface area contributed by atoms with E-state index in [0.29, 0.717) is 6.54 Å². The summed E-state index contributed by atoms with van der Waals surface area (Å²) >= 11 is 0. The Kier molecular flexibility index (Phi) is 5.21. The number of hydrogen-bond donors (Lipinski definition) is 1. The van der Waals surface area contributed by atoms with Crippen LogP contribution in [-0.2, 0) is 13.1 Å². The molecule has 2 amide bonds. The van der Waals surface area contributed by atoms with Crippen molar-refractivity contribution in [2.75, 3.05) is 32.7 Å². The van der Waals surface area contributed by atoms with Crippen LogP contribution in [0, 0.1) is 0 Å². The predicted molar refractivity (Wildman–Crippen MR) is 86.7 cm³/mol. The fourth-order valence-electron chi connectivity index (χ4n) is 2.68. The van der Waals surface area contributed by atoms with E-state index >= 15 is 0 Å². The summed E-state index contributed by atoms with van der Waals surface area (Å²) in [5.41, 5.74) is 1.26. The molecule has 0 aliphatic carbocycles. The third-order valence-electron chi connectivity index (χ3n) is 4.02. The molecular weight excluding hydrogens is 292 g/mol. The van der Waals surface area contributed by atoms with Gasteiger partial charge in [-0.15, -0.1) is 0 Å². The number of nitrogens with one attached hydrogen (secondary N) is 1. The molecule has 0 bridgehead atoms. The van der Waals surface area contributed by atoms with Gasteiger partial charge < -0.3 is 14.8 Å². The molecule has 0 aromatic carbocycles. The van der Waals surface area contributed by atoms with Crippen molar-refractivity contribution >= 4 is 6.03 Å². The molecule has 0 unspecified atom stereocenters. The van der Waals surface area contributed by atoms with Crippen molar-refractivity contribution in [3.05, 3.63) is 48.8 Å². The maximum Gasteiger partial charge on any atom is 0.317 e. The van der Waals surface area contributed by atoms with Crippen LogP contribution in [0.2, 0.25) is 0 Å². The van der Waals surface area contributed by atoms with Crippen molar-refractivity contribution < 1.29 is 4.79 Å².